The van der Waals surface area contributed by atoms with Gasteiger partial charge in [0, 0.05) is 29.5 Å². The third-order valence-electron chi connectivity index (χ3n) is 5.91. The maximum Gasteiger partial charge on any atom is 0.348 e. The molecule has 1 N–H and O–H groups in total. The highest BCUT2D eigenvalue weighted by atomic mass is 32.2. The summed E-state index contributed by atoms with van der Waals surface area (Å²) in [6.07, 6.45) is 1.12. The predicted octanol–water partition coefficient (Wildman–Crippen LogP) is 3.74. The molecule has 0 saturated carbocycles. The molecule has 0 spiro atoms. The smallest absolute Gasteiger partial charge is 0.348 e. The van der Waals surface area contributed by atoms with Crippen molar-refractivity contribution in [3.63, 3.8) is 0 Å². The van der Waals surface area contributed by atoms with Crippen LogP contribution in [0, 0.1) is 5.92 Å². The van der Waals surface area contributed by atoms with Gasteiger partial charge >= 0.3 is 5.97 Å². The molecular formula is C24H26N2O7S2. The summed E-state index contributed by atoms with van der Waals surface area (Å²) >= 11 is 1.31. The standard InChI is InChI=1S/C24H26N2O7S2/c1-31-18-7-8-19(32-2)22(13-18)35(29,30)26-10-4-5-15(14-26)23(27)25-17-6-9-20-16(11-17)12-21(34-20)24(28)33-3/h6-9,11-13,15H,4-5,10,14H2,1-3H3,(H,25,27). The highest BCUT2D eigenvalue weighted by molar-refractivity contribution is 7.89. The number of amides is 1. The van der Waals surface area contributed by atoms with Crippen molar-refractivity contribution in [3.8, 4) is 11.5 Å². The molecule has 1 fully saturated rings. The van der Waals surface area contributed by atoms with Crippen LogP contribution < -0.4 is 14.8 Å². The van der Waals surface area contributed by atoms with Gasteiger partial charge in [0.2, 0.25) is 15.9 Å². The monoisotopic (exact) mass is 518 g/mol. The van der Waals surface area contributed by atoms with Crippen LogP contribution >= 0.6 is 11.3 Å². The van der Waals surface area contributed by atoms with E-state index in [-0.39, 0.29) is 23.1 Å². The van der Waals surface area contributed by atoms with Gasteiger partial charge in [-0.1, -0.05) is 0 Å². The van der Waals surface area contributed by atoms with Gasteiger partial charge in [-0.2, -0.15) is 4.31 Å². The minimum absolute atomic E-state index is 0.00438. The Balaban J connectivity index is 1.51. The fourth-order valence-electron chi connectivity index (χ4n) is 4.07. The maximum absolute atomic E-state index is 13.4. The van der Waals surface area contributed by atoms with E-state index in [1.165, 1.54) is 43.0 Å². The number of rotatable bonds is 7. The number of nitrogens with one attached hydrogen (secondary N) is 1. The van der Waals surface area contributed by atoms with Gasteiger partial charge in [0.15, 0.2) is 0 Å². The summed E-state index contributed by atoms with van der Waals surface area (Å²) in [5.74, 6) is -0.570. The molecule has 0 radical (unpaired) electrons. The average Bonchev–Trinajstić information content (AvgIpc) is 3.31. The summed E-state index contributed by atoms with van der Waals surface area (Å²) in [5.41, 5.74) is 0.575. The van der Waals surface area contributed by atoms with Crippen LogP contribution in [0.1, 0.15) is 22.5 Å². The number of carbonyl (C=O) groups excluding carboxylic acids is 2. The first-order chi connectivity index (χ1) is 16.8. The normalized spacial score (nSPS) is 16.6. The van der Waals surface area contributed by atoms with Crippen molar-refractivity contribution in [1.82, 2.24) is 4.31 Å². The third-order valence-corrected chi connectivity index (χ3v) is 8.90. The highest BCUT2D eigenvalue weighted by Gasteiger charge is 2.35. The lowest BCUT2D eigenvalue weighted by Gasteiger charge is -2.31. The van der Waals surface area contributed by atoms with Crippen LogP contribution in [0.2, 0.25) is 0 Å². The Labute approximate surface area is 207 Å². The van der Waals surface area contributed by atoms with Gasteiger partial charge in [-0.3, -0.25) is 4.79 Å². The van der Waals surface area contributed by atoms with E-state index in [1.807, 2.05) is 6.07 Å². The van der Waals surface area contributed by atoms with E-state index in [9.17, 15) is 18.0 Å². The summed E-state index contributed by atoms with van der Waals surface area (Å²) < 4.78 is 44.3. The Hall–Kier alpha value is -3.15. The van der Waals surface area contributed by atoms with Gasteiger partial charge in [0.1, 0.15) is 21.3 Å². The van der Waals surface area contributed by atoms with E-state index in [4.69, 9.17) is 14.2 Å². The Kier molecular flexibility index (Phi) is 7.29. The number of thiophene rings is 1. The van der Waals surface area contributed by atoms with Gasteiger partial charge < -0.3 is 19.5 Å². The van der Waals surface area contributed by atoms with Crippen molar-refractivity contribution in [2.75, 3.05) is 39.7 Å². The zero-order chi connectivity index (χ0) is 25.2. The summed E-state index contributed by atoms with van der Waals surface area (Å²) in [6, 6.07) is 11.7. The zero-order valence-corrected chi connectivity index (χ0v) is 21.2. The number of carbonyl (C=O) groups is 2. The number of hydrogen-bond donors (Lipinski definition) is 1. The molecule has 9 nitrogen and oxygen atoms in total. The number of benzene rings is 2. The topological polar surface area (TPSA) is 111 Å². The molecule has 186 valence electrons. The van der Waals surface area contributed by atoms with Gasteiger partial charge in [-0.25, -0.2) is 13.2 Å². The second-order valence-electron chi connectivity index (χ2n) is 8.06. The molecule has 3 aromatic rings. The third kappa shape index (κ3) is 5.12. The average molecular weight is 519 g/mol. The van der Waals surface area contributed by atoms with E-state index in [2.05, 4.69) is 5.32 Å². The van der Waals surface area contributed by atoms with Crippen molar-refractivity contribution in [2.45, 2.75) is 17.7 Å². The number of hydrogen-bond acceptors (Lipinski definition) is 8. The molecule has 1 atom stereocenters. The lowest BCUT2D eigenvalue weighted by atomic mass is 9.98. The van der Waals surface area contributed by atoms with Crippen molar-refractivity contribution in [3.05, 3.63) is 47.3 Å². The van der Waals surface area contributed by atoms with Gasteiger partial charge in [-0.15, -0.1) is 11.3 Å². The summed E-state index contributed by atoms with van der Waals surface area (Å²) in [6.45, 7) is 0.366. The van der Waals surface area contributed by atoms with Gasteiger partial charge in [-0.05, 0) is 54.6 Å². The molecule has 2 aromatic carbocycles. The number of esters is 1. The summed E-state index contributed by atoms with van der Waals surface area (Å²) in [5, 5.41) is 3.70. The lowest BCUT2D eigenvalue weighted by Crippen LogP contribution is -2.43. The first-order valence-corrected chi connectivity index (χ1v) is 13.2. The molecule has 0 bridgehead atoms. The Morgan fingerprint density at radius 1 is 1.06 bits per heavy atom. The molecule has 1 aromatic heterocycles. The Bertz CT molecular complexity index is 1370. The minimum atomic E-state index is -3.91. The molecule has 1 unspecified atom stereocenters. The molecule has 1 saturated heterocycles. The number of nitrogens with zero attached hydrogens (tertiary/aromatic N) is 1. The second-order valence-corrected chi connectivity index (χ2v) is 11.1. The molecule has 1 aliphatic heterocycles. The van der Waals surface area contributed by atoms with E-state index in [0.717, 1.165) is 10.1 Å². The van der Waals surface area contributed by atoms with Crippen LogP contribution in [0.4, 0.5) is 5.69 Å². The molecule has 0 aliphatic carbocycles. The molecule has 4 rings (SSSR count). The molecule has 1 amide bonds. The van der Waals surface area contributed by atoms with Gasteiger partial charge in [0.25, 0.3) is 0 Å². The van der Waals surface area contributed by atoms with Crippen LogP contribution in [-0.2, 0) is 19.6 Å². The van der Waals surface area contributed by atoms with Crippen molar-refractivity contribution in [1.29, 1.82) is 0 Å². The first kappa shape index (κ1) is 25.0. The first-order valence-electron chi connectivity index (χ1n) is 10.9. The minimum Gasteiger partial charge on any atom is -0.497 e. The number of piperidine rings is 1. The quantitative estimate of drug-likeness (QED) is 0.474. The maximum atomic E-state index is 13.4. The van der Waals surface area contributed by atoms with Crippen LogP contribution in [0.15, 0.2) is 47.4 Å². The zero-order valence-electron chi connectivity index (χ0n) is 19.6. The van der Waals surface area contributed by atoms with Gasteiger partial charge in [0.05, 0.1) is 27.2 Å². The molecule has 35 heavy (non-hydrogen) atoms. The van der Waals surface area contributed by atoms with Crippen LogP contribution in [0.3, 0.4) is 0 Å². The van der Waals surface area contributed by atoms with E-state index in [0.29, 0.717) is 35.7 Å². The number of anilines is 1. The Morgan fingerprint density at radius 3 is 2.57 bits per heavy atom. The molecule has 1 aliphatic rings. The van der Waals surface area contributed by atoms with Crippen molar-refractivity contribution < 1.29 is 32.2 Å². The van der Waals surface area contributed by atoms with Crippen molar-refractivity contribution in [2.24, 2.45) is 5.92 Å². The number of fused-ring (bicyclic) bond motifs is 1. The van der Waals surface area contributed by atoms with E-state index >= 15 is 0 Å². The number of sulfonamides is 1. The molecule has 2 heterocycles. The van der Waals surface area contributed by atoms with Crippen LogP contribution in [0.5, 0.6) is 11.5 Å². The predicted molar refractivity (Wildman–Crippen MR) is 133 cm³/mol. The highest BCUT2D eigenvalue weighted by Crippen LogP contribution is 2.33. The number of methoxy groups -OCH3 is 3. The fourth-order valence-corrected chi connectivity index (χ4v) is 6.72. The van der Waals surface area contributed by atoms with E-state index < -0.39 is 21.9 Å². The second kappa shape index (κ2) is 10.2. The van der Waals surface area contributed by atoms with Crippen molar-refractivity contribution >= 4 is 49.0 Å². The Morgan fingerprint density at radius 2 is 1.86 bits per heavy atom. The lowest BCUT2D eigenvalue weighted by molar-refractivity contribution is -0.120. The van der Waals surface area contributed by atoms with E-state index in [1.54, 1.807) is 30.3 Å². The molecular weight excluding hydrogens is 492 g/mol. The molecule has 11 heteroatoms. The van der Waals surface area contributed by atoms with Crippen LogP contribution in [-0.4, -0.2) is 59.0 Å². The summed E-state index contributed by atoms with van der Waals surface area (Å²) in [7, 11) is 0.292. The largest absolute Gasteiger partial charge is 0.497 e. The fraction of sp³-hybridized carbons (Fsp3) is 0.333. The number of ether oxygens (including phenoxy) is 3. The summed E-state index contributed by atoms with van der Waals surface area (Å²) in [4.78, 5) is 25.3. The SMILES string of the molecule is COC(=O)c1cc2cc(NC(=O)C3CCCN(S(=O)(=O)c4cc(OC)ccc4OC)C3)ccc2s1. The van der Waals surface area contributed by atoms with Crippen LogP contribution in [0.25, 0.3) is 10.1 Å².